The van der Waals surface area contributed by atoms with E-state index in [0.717, 1.165) is 0 Å². The monoisotopic (exact) mass is 277 g/mol. The molecule has 0 unspecified atom stereocenters. The quantitative estimate of drug-likeness (QED) is 0.793. The van der Waals surface area contributed by atoms with Crippen LogP contribution in [0.4, 0.5) is 21.6 Å². The van der Waals surface area contributed by atoms with Crippen LogP contribution in [0.5, 0.6) is 5.75 Å². The van der Waals surface area contributed by atoms with Crippen LogP contribution in [0.15, 0.2) is 30.5 Å². The van der Waals surface area contributed by atoms with Gasteiger partial charge in [0.05, 0.1) is 24.6 Å². The molecule has 0 saturated carbocycles. The summed E-state index contributed by atoms with van der Waals surface area (Å²) in [5.41, 5.74) is 6.03. The highest BCUT2D eigenvalue weighted by Gasteiger charge is 2.10. The van der Waals surface area contributed by atoms with Crippen LogP contribution in [-0.4, -0.2) is 23.2 Å². The van der Waals surface area contributed by atoms with Crippen molar-refractivity contribution in [2.45, 2.75) is 0 Å². The topological polar surface area (TPSA) is 97.5 Å². The van der Waals surface area contributed by atoms with Crippen LogP contribution in [-0.2, 0) is 0 Å². The summed E-state index contributed by atoms with van der Waals surface area (Å²) in [5, 5.41) is 11.8. The Morgan fingerprint density at radius 2 is 2.20 bits per heavy atom. The molecule has 0 radical (unpaired) electrons. The van der Waals surface area contributed by atoms with Gasteiger partial charge < -0.3 is 20.9 Å². The number of ether oxygens (including phenoxy) is 1. The summed E-state index contributed by atoms with van der Waals surface area (Å²) < 4.78 is 18.1. The van der Waals surface area contributed by atoms with Crippen molar-refractivity contribution < 1.29 is 19.0 Å². The van der Waals surface area contributed by atoms with E-state index in [-0.39, 0.29) is 22.8 Å². The zero-order valence-electron chi connectivity index (χ0n) is 10.6. The van der Waals surface area contributed by atoms with Crippen LogP contribution in [0.25, 0.3) is 0 Å². The summed E-state index contributed by atoms with van der Waals surface area (Å²) in [6.07, 6.45) is 1.24. The Labute approximate surface area is 114 Å². The molecule has 0 fully saturated rings. The van der Waals surface area contributed by atoms with Gasteiger partial charge >= 0.3 is 5.97 Å². The van der Waals surface area contributed by atoms with Crippen molar-refractivity contribution in [2.75, 3.05) is 18.2 Å². The number of methoxy groups -OCH3 is 1. The molecule has 0 bridgehead atoms. The standard InChI is InChI=1S/C13H12FN3O3/c1-20-11-4-7(2-3-9(11)14)17-12-5-8(13(18)19)10(15)6-16-12/h2-6H,15H2,1H3,(H,16,17)(H,18,19). The number of carboxylic acids is 1. The maximum absolute atomic E-state index is 13.3. The Kier molecular flexibility index (Phi) is 3.69. The number of hydrogen-bond acceptors (Lipinski definition) is 5. The van der Waals surface area contributed by atoms with Gasteiger partial charge in [0.1, 0.15) is 5.82 Å². The lowest BCUT2D eigenvalue weighted by molar-refractivity contribution is 0.0698. The third-order valence-electron chi connectivity index (χ3n) is 2.59. The maximum atomic E-state index is 13.3. The van der Waals surface area contributed by atoms with Crippen molar-refractivity contribution in [2.24, 2.45) is 0 Å². The normalized spacial score (nSPS) is 10.1. The number of hydrogen-bond donors (Lipinski definition) is 3. The first-order valence-electron chi connectivity index (χ1n) is 5.60. The molecule has 1 aromatic carbocycles. The number of nitrogen functional groups attached to an aromatic ring is 1. The smallest absolute Gasteiger partial charge is 0.337 e. The second-order valence-corrected chi connectivity index (χ2v) is 3.94. The van der Waals surface area contributed by atoms with Crippen molar-refractivity contribution in [3.8, 4) is 5.75 Å². The molecule has 1 aromatic heterocycles. The number of halogens is 1. The van der Waals surface area contributed by atoms with E-state index in [0.29, 0.717) is 5.69 Å². The average molecular weight is 277 g/mol. The van der Waals surface area contributed by atoms with Crippen LogP contribution in [0.3, 0.4) is 0 Å². The molecule has 0 atom stereocenters. The van der Waals surface area contributed by atoms with Crippen LogP contribution in [0.1, 0.15) is 10.4 Å². The summed E-state index contributed by atoms with van der Waals surface area (Å²) in [4.78, 5) is 14.9. The molecule has 1 heterocycles. The van der Waals surface area contributed by atoms with E-state index in [9.17, 15) is 9.18 Å². The highest BCUT2D eigenvalue weighted by Crippen LogP contribution is 2.24. The maximum Gasteiger partial charge on any atom is 0.337 e. The summed E-state index contributed by atoms with van der Waals surface area (Å²) in [5.74, 6) is -1.28. The summed E-state index contributed by atoms with van der Waals surface area (Å²) in [7, 11) is 1.35. The number of aromatic carboxylic acids is 1. The first-order valence-corrected chi connectivity index (χ1v) is 5.60. The number of nitrogens with zero attached hydrogens (tertiary/aromatic N) is 1. The Balaban J connectivity index is 2.30. The number of carboxylic acid groups (broad SMARTS) is 1. The number of rotatable bonds is 4. The van der Waals surface area contributed by atoms with Crippen LogP contribution in [0, 0.1) is 5.82 Å². The van der Waals surface area contributed by atoms with E-state index >= 15 is 0 Å². The molecule has 2 rings (SSSR count). The lowest BCUT2D eigenvalue weighted by atomic mass is 10.2. The molecule has 0 saturated heterocycles. The van der Waals surface area contributed by atoms with Crippen molar-refractivity contribution in [3.63, 3.8) is 0 Å². The van der Waals surface area contributed by atoms with Crippen molar-refractivity contribution in [1.82, 2.24) is 4.98 Å². The molecular weight excluding hydrogens is 265 g/mol. The Bertz CT molecular complexity index is 661. The van der Waals surface area contributed by atoms with Gasteiger partial charge in [-0.3, -0.25) is 0 Å². The average Bonchev–Trinajstić information content (AvgIpc) is 2.42. The highest BCUT2D eigenvalue weighted by atomic mass is 19.1. The van der Waals surface area contributed by atoms with Gasteiger partial charge in [0.25, 0.3) is 0 Å². The van der Waals surface area contributed by atoms with Gasteiger partial charge in [0.15, 0.2) is 11.6 Å². The van der Waals surface area contributed by atoms with Gasteiger partial charge in [-0.05, 0) is 18.2 Å². The largest absolute Gasteiger partial charge is 0.494 e. The number of anilines is 3. The molecule has 0 spiro atoms. The molecule has 0 aliphatic heterocycles. The van der Waals surface area contributed by atoms with Crippen molar-refractivity contribution >= 4 is 23.2 Å². The van der Waals surface area contributed by atoms with Crippen LogP contribution in [0.2, 0.25) is 0 Å². The van der Waals surface area contributed by atoms with E-state index in [4.69, 9.17) is 15.6 Å². The van der Waals surface area contributed by atoms with Gasteiger partial charge in [0, 0.05) is 11.8 Å². The first-order chi connectivity index (χ1) is 9.51. The fourth-order valence-electron chi connectivity index (χ4n) is 1.60. The molecule has 20 heavy (non-hydrogen) atoms. The number of carbonyl (C=O) groups is 1. The molecule has 4 N–H and O–H groups in total. The van der Waals surface area contributed by atoms with E-state index in [1.165, 1.54) is 37.6 Å². The second kappa shape index (κ2) is 5.43. The minimum atomic E-state index is -1.15. The molecule has 6 nitrogen and oxygen atoms in total. The van der Waals surface area contributed by atoms with Gasteiger partial charge in [-0.15, -0.1) is 0 Å². The zero-order chi connectivity index (χ0) is 14.7. The SMILES string of the molecule is COc1cc(Nc2cc(C(=O)O)c(N)cn2)ccc1F. The molecule has 7 heteroatoms. The highest BCUT2D eigenvalue weighted by molar-refractivity contribution is 5.94. The Morgan fingerprint density at radius 3 is 2.85 bits per heavy atom. The van der Waals surface area contributed by atoms with E-state index in [1.807, 2.05) is 0 Å². The van der Waals surface area contributed by atoms with Crippen molar-refractivity contribution in [1.29, 1.82) is 0 Å². The third kappa shape index (κ3) is 2.77. The minimum Gasteiger partial charge on any atom is -0.494 e. The van der Waals surface area contributed by atoms with E-state index in [1.54, 1.807) is 0 Å². The number of nitrogens with one attached hydrogen (secondary N) is 1. The molecule has 0 amide bonds. The minimum absolute atomic E-state index is 0.0587. The molecule has 2 aromatic rings. The van der Waals surface area contributed by atoms with Crippen molar-refractivity contribution in [3.05, 3.63) is 41.8 Å². The van der Waals surface area contributed by atoms with Gasteiger partial charge in [-0.2, -0.15) is 0 Å². The summed E-state index contributed by atoms with van der Waals surface area (Å²) in [6.45, 7) is 0. The van der Waals surface area contributed by atoms with Gasteiger partial charge in [-0.1, -0.05) is 0 Å². The van der Waals surface area contributed by atoms with Gasteiger partial charge in [0.2, 0.25) is 0 Å². The number of benzene rings is 1. The lowest BCUT2D eigenvalue weighted by Gasteiger charge is -2.09. The fraction of sp³-hybridized carbons (Fsp3) is 0.0769. The molecule has 104 valence electrons. The molecule has 0 aliphatic rings. The molecular formula is C13H12FN3O3. The second-order valence-electron chi connectivity index (χ2n) is 3.94. The fourth-order valence-corrected chi connectivity index (χ4v) is 1.60. The Morgan fingerprint density at radius 1 is 1.45 bits per heavy atom. The summed E-state index contributed by atoms with van der Waals surface area (Å²) >= 11 is 0. The summed E-state index contributed by atoms with van der Waals surface area (Å²) in [6, 6.07) is 5.45. The van der Waals surface area contributed by atoms with E-state index < -0.39 is 11.8 Å². The molecule has 0 aliphatic carbocycles. The van der Waals surface area contributed by atoms with Crippen LogP contribution >= 0.6 is 0 Å². The lowest BCUT2D eigenvalue weighted by Crippen LogP contribution is -2.05. The number of pyridine rings is 1. The third-order valence-corrected chi connectivity index (χ3v) is 2.59. The van der Waals surface area contributed by atoms with E-state index in [2.05, 4.69) is 10.3 Å². The Hall–Kier alpha value is -2.83. The first kappa shape index (κ1) is 13.6. The number of nitrogens with two attached hydrogens (primary N) is 1. The zero-order valence-corrected chi connectivity index (χ0v) is 10.6. The van der Waals surface area contributed by atoms with Gasteiger partial charge in [-0.25, -0.2) is 14.2 Å². The predicted molar refractivity (Wildman–Crippen MR) is 71.8 cm³/mol. The number of aromatic nitrogens is 1. The van der Waals surface area contributed by atoms with Crippen LogP contribution < -0.4 is 15.8 Å². The predicted octanol–water partition coefficient (Wildman–Crippen LogP) is 2.25.